The SMILES string of the molecule is CCN[C@@H]1CCCC[C@H]1Nc1ccc2c(c1)CN(C1CCC(=O)NC1=O)C2=O. The van der Waals surface area contributed by atoms with Gasteiger partial charge in [-0.1, -0.05) is 19.8 Å². The largest absolute Gasteiger partial charge is 0.381 e. The number of carbonyl (C=O) groups excluding carboxylic acids is 3. The van der Waals surface area contributed by atoms with Crippen LogP contribution in [0, 0.1) is 0 Å². The number of imide groups is 1. The zero-order valence-corrected chi connectivity index (χ0v) is 16.3. The number of likely N-dealkylation sites (N-methyl/N-ethyl adjacent to an activating group) is 1. The lowest BCUT2D eigenvalue weighted by Gasteiger charge is -2.33. The molecule has 28 heavy (non-hydrogen) atoms. The van der Waals surface area contributed by atoms with Crippen LogP contribution in [0.3, 0.4) is 0 Å². The zero-order valence-electron chi connectivity index (χ0n) is 16.3. The summed E-state index contributed by atoms with van der Waals surface area (Å²) in [6.45, 7) is 3.51. The number of nitrogens with zero attached hydrogens (tertiary/aromatic N) is 1. The summed E-state index contributed by atoms with van der Waals surface area (Å²) in [5, 5.41) is 9.57. The monoisotopic (exact) mass is 384 g/mol. The molecule has 4 rings (SSSR count). The number of nitrogens with one attached hydrogen (secondary N) is 3. The molecule has 1 saturated heterocycles. The smallest absolute Gasteiger partial charge is 0.255 e. The third-order valence-electron chi connectivity index (χ3n) is 6.11. The topological polar surface area (TPSA) is 90.5 Å². The average molecular weight is 384 g/mol. The van der Waals surface area contributed by atoms with Crippen molar-refractivity contribution in [2.24, 2.45) is 0 Å². The van der Waals surface area contributed by atoms with E-state index in [4.69, 9.17) is 0 Å². The molecule has 3 amide bonds. The van der Waals surface area contributed by atoms with Crippen molar-refractivity contribution in [2.45, 2.75) is 70.1 Å². The molecule has 1 aliphatic carbocycles. The molecule has 150 valence electrons. The van der Waals surface area contributed by atoms with Gasteiger partial charge in [0.25, 0.3) is 5.91 Å². The molecule has 0 radical (unpaired) electrons. The van der Waals surface area contributed by atoms with Crippen molar-refractivity contribution in [1.82, 2.24) is 15.5 Å². The molecule has 1 unspecified atom stereocenters. The first-order valence-electron chi connectivity index (χ1n) is 10.3. The number of amides is 3. The van der Waals surface area contributed by atoms with Gasteiger partial charge in [0.2, 0.25) is 11.8 Å². The molecular formula is C21H28N4O3. The first-order chi connectivity index (χ1) is 13.6. The van der Waals surface area contributed by atoms with Crippen LogP contribution >= 0.6 is 0 Å². The second-order valence-electron chi connectivity index (χ2n) is 7.97. The molecule has 2 heterocycles. The van der Waals surface area contributed by atoms with Crippen LogP contribution in [0.5, 0.6) is 0 Å². The van der Waals surface area contributed by atoms with E-state index in [2.05, 4.69) is 22.9 Å². The van der Waals surface area contributed by atoms with Crippen molar-refractivity contribution in [1.29, 1.82) is 0 Å². The highest BCUT2D eigenvalue weighted by molar-refractivity contribution is 6.05. The van der Waals surface area contributed by atoms with Crippen LogP contribution < -0.4 is 16.0 Å². The van der Waals surface area contributed by atoms with Gasteiger partial charge < -0.3 is 15.5 Å². The van der Waals surface area contributed by atoms with Crippen molar-refractivity contribution < 1.29 is 14.4 Å². The summed E-state index contributed by atoms with van der Waals surface area (Å²) >= 11 is 0. The summed E-state index contributed by atoms with van der Waals surface area (Å²) in [7, 11) is 0. The predicted molar refractivity (Wildman–Crippen MR) is 106 cm³/mol. The minimum Gasteiger partial charge on any atom is -0.381 e. The molecule has 0 spiro atoms. The fourth-order valence-corrected chi connectivity index (χ4v) is 4.69. The molecule has 7 nitrogen and oxygen atoms in total. The molecule has 3 aliphatic rings. The van der Waals surface area contributed by atoms with Gasteiger partial charge in [-0.25, -0.2) is 0 Å². The van der Waals surface area contributed by atoms with Gasteiger partial charge in [0, 0.05) is 36.3 Å². The Labute approximate surface area is 165 Å². The van der Waals surface area contributed by atoms with Crippen molar-refractivity contribution in [3.8, 4) is 0 Å². The number of anilines is 1. The second kappa shape index (κ2) is 7.91. The number of piperidine rings is 1. The lowest BCUT2D eigenvalue weighted by Crippen LogP contribution is -2.52. The van der Waals surface area contributed by atoms with Crippen molar-refractivity contribution in [3.63, 3.8) is 0 Å². The Morgan fingerprint density at radius 3 is 2.64 bits per heavy atom. The van der Waals surface area contributed by atoms with Crippen LogP contribution in [0.15, 0.2) is 18.2 Å². The summed E-state index contributed by atoms with van der Waals surface area (Å²) in [6.07, 6.45) is 5.47. The molecule has 7 heteroatoms. The number of hydrogen-bond acceptors (Lipinski definition) is 5. The molecule has 0 aromatic heterocycles. The Hall–Kier alpha value is -2.41. The van der Waals surface area contributed by atoms with E-state index in [1.165, 1.54) is 19.3 Å². The number of rotatable bonds is 5. The maximum absolute atomic E-state index is 12.8. The highest BCUT2D eigenvalue weighted by atomic mass is 16.2. The van der Waals surface area contributed by atoms with E-state index < -0.39 is 6.04 Å². The van der Waals surface area contributed by atoms with E-state index in [1.54, 1.807) is 4.90 Å². The molecule has 0 bridgehead atoms. The van der Waals surface area contributed by atoms with Crippen LogP contribution in [0.1, 0.15) is 61.4 Å². The molecule has 3 N–H and O–H groups in total. The highest BCUT2D eigenvalue weighted by Gasteiger charge is 2.39. The molecule has 2 fully saturated rings. The van der Waals surface area contributed by atoms with E-state index in [0.29, 0.717) is 30.6 Å². The molecule has 3 atom stereocenters. The van der Waals surface area contributed by atoms with Crippen molar-refractivity contribution >= 4 is 23.4 Å². The van der Waals surface area contributed by atoms with Crippen LogP contribution in [0.2, 0.25) is 0 Å². The van der Waals surface area contributed by atoms with Gasteiger partial charge in [0.1, 0.15) is 6.04 Å². The van der Waals surface area contributed by atoms with Crippen LogP contribution in [-0.4, -0.2) is 47.3 Å². The first kappa shape index (κ1) is 18.9. The van der Waals surface area contributed by atoms with Crippen molar-refractivity contribution in [2.75, 3.05) is 11.9 Å². The normalized spacial score (nSPS) is 27.5. The van der Waals surface area contributed by atoms with Crippen molar-refractivity contribution in [3.05, 3.63) is 29.3 Å². The summed E-state index contributed by atoms with van der Waals surface area (Å²) < 4.78 is 0. The minimum absolute atomic E-state index is 0.126. The van der Waals surface area contributed by atoms with E-state index in [1.807, 2.05) is 18.2 Å². The van der Waals surface area contributed by atoms with E-state index in [0.717, 1.165) is 24.2 Å². The Morgan fingerprint density at radius 2 is 1.89 bits per heavy atom. The van der Waals surface area contributed by atoms with E-state index in [9.17, 15) is 14.4 Å². The highest BCUT2D eigenvalue weighted by Crippen LogP contribution is 2.30. The fourth-order valence-electron chi connectivity index (χ4n) is 4.69. The zero-order chi connectivity index (χ0) is 19.7. The van der Waals surface area contributed by atoms with Gasteiger partial charge in [-0.15, -0.1) is 0 Å². The summed E-state index contributed by atoms with van der Waals surface area (Å²) in [6, 6.07) is 6.14. The molecule has 1 aromatic rings. The van der Waals surface area contributed by atoms with Crippen LogP contribution in [0.4, 0.5) is 5.69 Å². The van der Waals surface area contributed by atoms with Gasteiger partial charge in [-0.2, -0.15) is 0 Å². The molecule has 2 aliphatic heterocycles. The van der Waals surface area contributed by atoms with Gasteiger partial charge >= 0.3 is 0 Å². The number of fused-ring (bicyclic) bond motifs is 1. The summed E-state index contributed by atoms with van der Waals surface area (Å²) in [5.41, 5.74) is 2.61. The molecule has 1 aromatic carbocycles. The van der Waals surface area contributed by atoms with E-state index in [-0.39, 0.29) is 24.1 Å². The predicted octanol–water partition coefficient (Wildman–Crippen LogP) is 1.78. The maximum atomic E-state index is 12.8. The Morgan fingerprint density at radius 1 is 1.11 bits per heavy atom. The van der Waals surface area contributed by atoms with Crippen LogP contribution in [0.25, 0.3) is 0 Å². The number of benzene rings is 1. The van der Waals surface area contributed by atoms with E-state index >= 15 is 0 Å². The van der Waals surface area contributed by atoms with Crippen LogP contribution in [-0.2, 0) is 16.1 Å². The summed E-state index contributed by atoms with van der Waals surface area (Å²) in [4.78, 5) is 37.9. The Balaban J connectivity index is 1.48. The fraction of sp³-hybridized carbons (Fsp3) is 0.571. The number of carbonyl (C=O) groups is 3. The van der Waals surface area contributed by atoms with Gasteiger partial charge in [-0.3, -0.25) is 19.7 Å². The standard InChI is InChI=1S/C21H28N4O3/c1-2-22-16-5-3-4-6-17(16)23-14-7-8-15-13(11-14)12-25(21(15)28)18-9-10-19(26)24-20(18)27/h7-8,11,16-18,22-23H,2-6,9-10,12H2,1H3,(H,24,26,27)/t16-,17-,18?/m1/s1. The maximum Gasteiger partial charge on any atom is 0.255 e. The lowest BCUT2D eigenvalue weighted by molar-refractivity contribution is -0.136. The van der Waals surface area contributed by atoms with Gasteiger partial charge in [0.15, 0.2) is 0 Å². The number of hydrogen-bond donors (Lipinski definition) is 3. The lowest BCUT2D eigenvalue weighted by atomic mass is 9.90. The molecular weight excluding hydrogens is 356 g/mol. The average Bonchev–Trinajstić information content (AvgIpc) is 2.99. The second-order valence-corrected chi connectivity index (χ2v) is 7.97. The third-order valence-corrected chi connectivity index (χ3v) is 6.11. The Kier molecular flexibility index (Phi) is 5.35. The van der Waals surface area contributed by atoms with Gasteiger partial charge in [-0.05, 0) is 49.6 Å². The molecule has 1 saturated carbocycles. The minimum atomic E-state index is -0.564. The van der Waals surface area contributed by atoms with Gasteiger partial charge in [0.05, 0.1) is 0 Å². The Bertz CT molecular complexity index is 792. The first-order valence-corrected chi connectivity index (χ1v) is 10.3. The third kappa shape index (κ3) is 3.63. The quantitative estimate of drug-likeness (QED) is 0.673. The summed E-state index contributed by atoms with van der Waals surface area (Å²) in [5.74, 6) is -0.759.